The lowest BCUT2D eigenvalue weighted by Crippen LogP contribution is -2.35. The van der Waals surface area contributed by atoms with Gasteiger partial charge in [-0.3, -0.25) is 4.79 Å². The molecule has 0 radical (unpaired) electrons. The zero-order valence-electron chi connectivity index (χ0n) is 10.7. The fourth-order valence-corrected chi connectivity index (χ4v) is 2.95. The molecule has 1 heterocycles. The van der Waals surface area contributed by atoms with Crippen molar-refractivity contribution in [2.45, 2.75) is 44.6 Å². The molecule has 1 saturated heterocycles. The predicted octanol–water partition coefficient (Wildman–Crippen LogP) is 2.26. The highest BCUT2D eigenvalue weighted by Gasteiger charge is 2.22. The first kappa shape index (κ1) is 11.7. The van der Waals surface area contributed by atoms with Crippen molar-refractivity contribution in [1.29, 1.82) is 0 Å². The van der Waals surface area contributed by atoms with Crippen LogP contribution >= 0.6 is 0 Å². The SMILES string of the molecule is O=C(Nc1ccc2c(c1)CCCC2)C1CCCN1. The monoisotopic (exact) mass is 244 g/mol. The van der Waals surface area contributed by atoms with Crippen molar-refractivity contribution in [3.05, 3.63) is 29.3 Å². The minimum Gasteiger partial charge on any atom is -0.325 e. The van der Waals surface area contributed by atoms with E-state index in [1.165, 1.54) is 30.4 Å². The van der Waals surface area contributed by atoms with Crippen molar-refractivity contribution in [2.75, 3.05) is 11.9 Å². The summed E-state index contributed by atoms with van der Waals surface area (Å²) in [6.07, 6.45) is 6.97. The molecule has 3 heteroatoms. The van der Waals surface area contributed by atoms with E-state index >= 15 is 0 Å². The highest BCUT2D eigenvalue weighted by atomic mass is 16.2. The molecule has 3 nitrogen and oxygen atoms in total. The van der Waals surface area contributed by atoms with E-state index in [0.717, 1.165) is 31.5 Å². The summed E-state index contributed by atoms with van der Waals surface area (Å²) in [5.74, 6) is 0.114. The molecule has 1 amide bonds. The maximum Gasteiger partial charge on any atom is 0.241 e. The summed E-state index contributed by atoms with van der Waals surface area (Å²) < 4.78 is 0. The molecule has 0 spiro atoms. The van der Waals surface area contributed by atoms with Crippen molar-refractivity contribution in [2.24, 2.45) is 0 Å². The second-order valence-corrected chi connectivity index (χ2v) is 5.33. The Morgan fingerprint density at radius 1 is 1.17 bits per heavy atom. The first-order valence-corrected chi connectivity index (χ1v) is 6.99. The van der Waals surface area contributed by atoms with Gasteiger partial charge in [0.25, 0.3) is 0 Å². The summed E-state index contributed by atoms with van der Waals surface area (Å²) in [5.41, 5.74) is 3.83. The van der Waals surface area contributed by atoms with E-state index in [-0.39, 0.29) is 11.9 Å². The van der Waals surface area contributed by atoms with Gasteiger partial charge in [-0.05, 0) is 68.3 Å². The fraction of sp³-hybridized carbons (Fsp3) is 0.533. The van der Waals surface area contributed by atoms with Crippen LogP contribution in [0.1, 0.15) is 36.8 Å². The molecule has 96 valence electrons. The summed E-state index contributed by atoms with van der Waals surface area (Å²) in [4.78, 5) is 12.0. The molecule has 18 heavy (non-hydrogen) atoms. The van der Waals surface area contributed by atoms with Crippen LogP contribution in [0.3, 0.4) is 0 Å². The lowest BCUT2D eigenvalue weighted by atomic mass is 9.91. The quantitative estimate of drug-likeness (QED) is 0.838. The maximum atomic E-state index is 12.0. The lowest BCUT2D eigenvalue weighted by molar-refractivity contribution is -0.117. The van der Waals surface area contributed by atoms with Crippen LogP contribution in [0.25, 0.3) is 0 Å². The molecule has 0 saturated carbocycles. The van der Waals surface area contributed by atoms with Crippen LogP contribution in [0, 0.1) is 0 Å². The number of aryl methyl sites for hydroxylation is 2. The van der Waals surface area contributed by atoms with Gasteiger partial charge in [-0.15, -0.1) is 0 Å². The Kier molecular flexibility index (Phi) is 3.33. The van der Waals surface area contributed by atoms with Crippen LogP contribution < -0.4 is 10.6 Å². The lowest BCUT2D eigenvalue weighted by Gasteiger charge is -2.17. The van der Waals surface area contributed by atoms with Crippen molar-refractivity contribution < 1.29 is 4.79 Å². The largest absolute Gasteiger partial charge is 0.325 e. The van der Waals surface area contributed by atoms with Crippen LogP contribution in [0.2, 0.25) is 0 Å². The van der Waals surface area contributed by atoms with Gasteiger partial charge in [-0.25, -0.2) is 0 Å². The van der Waals surface area contributed by atoms with Gasteiger partial charge in [0.2, 0.25) is 5.91 Å². The number of rotatable bonds is 2. The molecular weight excluding hydrogens is 224 g/mol. The van der Waals surface area contributed by atoms with Crippen molar-refractivity contribution in [1.82, 2.24) is 5.32 Å². The third-order valence-electron chi connectivity index (χ3n) is 3.99. The average Bonchev–Trinajstić information content (AvgIpc) is 2.92. The molecule has 1 atom stereocenters. The standard InChI is InChI=1S/C15H20N2O/c18-15(14-6-3-9-16-14)17-13-8-7-11-4-1-2-5-12(11)10-13/h7-8,10,14,16H,1-6,9H2,(H,17,18). The maximum absolute atomic E-state index is 12.0. The van der Waals surface area contributed by atoms with Gasteiger partial charge in [0.05, 0.1) is 6.04 Å². The smallest absolute Gasteiger partial charge is 0.241 e. The van der Waals surface area contributed by atoms with Gasteiger partial charge in [0, 0.05) is 5.69 Å². The number of anilines is 1. The molecule has 1 aromatic rings. The Hall–Kier alpha value is -1.35. The molecule has 0 aromatic heterocycles. The molecular formula is C15H20N2O. The van der Waals surface area contributed by atoms with Crippen LogP contribution in [0.4, 0.5) is 5.69 Å². The fourth-order valence-electron chi connectivity index (χ4n) is 2.95. The van der Waals surface area contributed by atoms with Gasteiger partial charge < -0.3 is 10.6 Å². The first-order chi connectivity index (χ1) is 8.83. The Labute approximate surface area is 108 Å². The second-order valence-electron chi connectivity index (χ2n) is 5.33. The molecule has 3 rings (SSSR count). The molecule has 0 bridgehead atoms. The Balaban J connectivity index is 1.70. The van der Waals surface area contributed by atoms with Crippen LogP contribution in [-0.2, 0) is 17.6 Å². The molecule has 1 aliphatic heterocycles. The summed E-state index contributed by atoms with van der Waals surface area (Å²) in [6.45, 7) is 0.961. The molecule has 2 aliphatic rings. The Morgan fingerprint density at radius 3 is 2.78 bits per heavy atom. The van der Waals surface area contributed by atoms with E-state index in [4.69, 9.17) is 0 Å². The number of benzene rings is 1. The number of amides is 1. The highest BCUT2D eigenvalue weighted by Crippen LogP contribution is 2.24. The summed E-state index contributed by atoms with van der Waals surface area (Å²) >= 11 is 0. The second kappa shape index (κ2) is 5.11. The van der Waals surface area contributed by atoms with Gasteiger partial charge in [0.15, 0.2) is 0 Å². The number of hydrogen-bond acceptors (Lipinski definition) is 2. The highest BCUT2D eigenvalue weighted by molar-refractivity contribution is 5.95. The first-order valence-electron chi connectivity index (χ1n) is 6.99. The number of carbonyl (C=O) groups is 1. The van der Waals surface area contributed by atoms with E-state index < -0.39 is 0 Å². The molecule has 1 aliphatic carbocycles. The third-order valence-corrected chi connectivity index (χ3v) is 3.99. The Morgan fingerprint density at radius 2 is 2.00 bits per heavy atom. The third kappa shape index (κ3) is 2.41. The van der Waals surface area contributed by atoms with Gasteiger partial charge in [-0.1, -0.05) is 6.07 Å². The summed E-state index contributed by atoms with van der Waals surface area (Å²) in [6, 6.07) is 6.37. The van der Waals surface area contributed by atoms with Gasteiger partial charge >= 0.3 is 0 Å². The summed E-state index contributed by atoms with van der Waals surface area (Å²) in [5, 5.41) is 6.26. The number of fused-ring (bicyclic) bond motifs is 1. The average molecular weight is 244 g/mol. The van der Waals surface area contributed by atoms with E-state index in [2.05, 4.69) is 22.8 Å². The molecule has 2 N–H and O–H groups in total. The normalized spacial score (nSPS) is 22.6. The molecule has 1 unspecified atom stereocenters. The van der Waals surface area contributed by atoms with Crippen molar-refractivity contribution in [3.63, 3.8) is 0 Å². The van der Waals surface area contributed by atoms with E-state index in [9.17, 15) is 4.79 Å². The Bertz CT molecular complexity index is 450. The van der Waals surface area contributed by atoms with E-state index in [1.807, 2.05) is 6.07 Å². The van der Waals surface area contributed by atoms with Crippen LogP contribution in [0.15, 0.2) is 18.2 Å². The number of hydrogen-bond donors (Lipinski definition) is 2. The zero-order chi connectivity index (χ0) is 12.4. The van der Waals surface area contributed by atoms with Crippen LogP contribution in [0.5, 0.6) is 0 Å². The summed E-state index contributed by atoms with van der Waals surface area (Å²) in [7, 11) is 0. The van der Waals surface area contributed by atoms with Crippen molar-refractivity contribution >= 4 is 11.6 Å². The molecule has 1 fully saturated rings. The van der Waals surface area contributed by atoms with Gasteiger partial charge in [0.1, 0.15) is 0 Å². The minimum atomic E-state index is 0.000956. The van der Waals surface area contributed by atoms with Crippen molar-refractivity contribution in [3.8, 4) is 0 Å². The minimum absolute atomic E-state index is 0.000956. The van der Waals surface area contributed by atoms with Gasteiger partial charge in [-0.2, -0.15) is 0 Å². The molecule has 1 aromatic carbocycles. The zero-order valence-corrected chi connectivity index (χ0v) is 10.7. The topological polar surface area (TPSA) is 41.1 Å². The van der Waals surface area contributed by atoms with E-state index in [0.29, 0.717) is 0 Å². The predicted molar refractivity (Wildman–Crippen MR) is 72.7 cm³/mol. The number of nitrogens with one attached hydrogen (secondary N) is 2. The van der Waals surface area contributed by atoms with Crippen LogP contribution in [-0.4, -0.2) is 18.5 Å². The number of carbonyl (C=O) groups excluding carboxylic acids is 1. The van der Waals surface area contributed by atoms with E-state index in [1.54, 1.807) is 0 Å².